The predicted molar refractivity (Wildman–Crippen MR) is 87.2 cm³/mol. The van der Waals surface area contributed by atoms with Crippen molar-refractivity contribution in [1.29, 1.82) is 0 Å². The topological polar surface area (TPSA) is 45.5 Å². The molecule has 4 nitrogen and oxygen atoms in total. The third kappa shape index (κ3) is 2.58. The minimum Gasteiger partial charge on any atom is -0.252 e. The fourth-order valence-electron chi connectivity index (χ4n) is 2.26. The summed E-state index contributed by atoms with van der Waals surface area (Å²) < 4.78 is 1.93. The van der Waals surface area contributed by atoms with Crippen molar-refractivity contribution >= 4 is 23.0 Å². The molecule has 0 radical (unpaired) electrons. The van der Waals surface area contributed by atoms with E-state index in [-0.39, 0.29) is 0 Å². The summed E-state index contributed by atoms with van der Waals surface area (Å²) in [4.78, 5) is 9.04. The van der Waals surface area contributed by atoms with Crippen LogP contribution in [0.4, 0.5) is 0 Å². The van der Waals surface area contributed by atoms with Crippen LogP contribution in [0.25, 0.3) is 22.2 Å². The standard InChI is InChI=1S/C17H12N4S/c1-2-6-13(7-3-1)14-10-19-21(12-14)22-17-11-18-15-8-4-5-9-16(15)20-17/h1-12H/p+1. The molecule has 0 aliphatic carbocycles. The molecule has 5 heteroatoms. The maximum absolute atomic E-state index is 4.61. The molecule has 22 heavy (non-hydrogen) atoms. The Balaban J connectivity index is 1.61. The Morgan fingerprint density at radius 3 is 2.50 bits per heavy atom. The van der Waals surface area contributed by atoms with Gasteiger partial charge in [0.05, 0.1) is 29.0 Å². The van der Waals surface area contributed by atoms with Gasteiger partial charge < -0.3 is 0 Å². The van der Waals surface area contributed by atoms with E-state index in [4.69, 9.17) is 0 Å². The van der Waals surface area contributed by atoms with Crippen LogP contribution in [0.2, 0.25) is 0 Å². The van der Waals surface area contributed by atoms with Crippen LogP contribution in [0.15, 0.2) is 78.2 Å². The van der Waals surface area contributed by atoms with Gasteiger partial charge in [-0.25, -0.2) is 4.98 Å². The Kier molecular flexibility index (Phi) is 3.33. The molecule has 4 rings (SSSR count). The van der Waals surface area contributed by atoms with Gasteiger partial charge in [-0.15, -0.1) is 0 Å². The van der Waals surface area contributed by atoms with Gasteiger partial charge >= 0.3 is 0 Å². The van der Waals surface area contributed by atoms with E-state index in [1.807, 2.05) is 52.7 Å². The van der Waals surface area contributed by atoms with Crippen molar-refractivity contribution in [2.24, 2.45) is 0 Å². The van der Waals surface area contributed by atoms with E-state index >= 15 is 0 Å². The molecule has 0 fully saturated rings. The van der Waals surface area contributed by atoms with Gasteiger partial charge in [0, 0.05) is 0 Å². The first kappa shape index (κ1) is 13.0. The maximum Gasteiger partial charge on any atom is 0.250 e. The Hall–Kier alpha value is -2.66. The molecule has 0 unspecified atom stereocenters. The number of nitrogens with one attached hydrogen (secondary N) is 1. The molecule has 0 aliphatic rings. The van der Waals surface area contributed by atoms with Gasteiger partial charge in [-0.05, 0) is 21.8 Å². The zero-order valence-electron chi connectivity index (χ0n) is 11.7. The van der Waals surface area contributed by atoms with E-state index in [9.17, 15) is 0 Å². The van der Waals surface area contributed by atoms with E-state index in [0.29, 0.717) is 0 Å². The maximum atomic E-state index is 4.61. The smallest absolute Gasteiger partial charge is 0.250 e. The summed E-state index contributed by atoms with van der Waals surface area (Å²) >= 11 is 1.51. The summed E-state index contributed by atoms with van der Waals surface area (Å²) in [6, 6.07) is 18.2. The van der Waals surface area contributed by atoms with Crippen LogP contribution in [0.3, 0.4) is 0 Å². The Morgan fingerprint density at radius 1 is 0.864 bits per heavy atom. The van der Waals surface area contributed by atoms with Crippen LogP contribution in [-0.4, -0.2) is 15.1 Å². The highest BCUT2D eigenvalue weighted by Crippen LogP contribution is 2.19. The van der Waals surface area contributed by atoms with Crippen LogP contribution in [-0.2, 0) is 0 Å². The second kappa shape index (κ2) is 5.61. The Bertz CT molecular complexity index is 918. The number of nitrogens with zero attached hydrogens (tertiary/aromatic N) is 3. The second-order valence-corrected chi connectivity index (χ2v) is 5.83. The lowest BCUT2D eigenvalue weighted by Gasteiger charge is -1.96. The molecule has 2 aromatic heterocycles. The number of aromatic amines is 1. The normalized spacial score (nSPS) is 10.9. The van der Waals surface area contributed by atoms with Gasteiger partial charge in [-0.3, -0.25) is 4.98 Å². The van der Waals surface area contributed by atoms with Crippen molar-refractivity contribution in [3.8, 4) is 11.1 Å². The van der Waals surface area contributed by atoms with Gasteiger partial charge in [-0.2, -0.15) is 5.10 Å². The first-order valence-corrected chi connectivity index (χ1v) is 7.71. The Morgan fingerprint density at radius 2 is 1.64 bits per heavy atom. The van der Waals surface area contributed by atoms with Crippen molar-refractivity contribution < 1.29 is 4.09 Å². The summed E-state index contributed by atoms with van der Waals surface area (Å²) in [5, 5.41) is 4.06. The number of hydrogen-bond donors (Lipinski definition) is 1. The summed E-state index contributed by atoms with van der Waals surface area (Å²) in [6.45, 7) is 0. The summed E-state index contributed by atoms with van der Waals surface area (Å²) in [5.41, 5.74) is 4.14. The van der Waals surface area contributed by atoms with Gasteiger partial charge in [0.15, 0.2) is 5.03 Å². The average Bonchev–Trinajstić information content (AvgIpc) is 3.04. The molecule has 0 saturated heterocycles. The monoisotopic (exact) mass is 305 g/mol. The molecular weight excluding hydrogens is 292 g/mol. The van der Waals surface area contributed by atoms with E-state index < -0.39 is 0 Å². The third-order valence-electron chi connectivity index (χ3n) is 3.33. The minimum absolute atomic E-state index is 0.852. The summed E-state index contributed by atoms with van der Waals surface area (Å²) in [6.07, 6.45) is 5.83. The SMILES string of the molecule is c1ccc(-c2c[nH][n+](Sc3cnc4ccccc4n3)c2)cc1. The van der Waals surface area contributed by atoms with E-state index in [1.54, 1.807) is 6.20 Å². The number of hydrogen-bond acceptors (Lipinski definition) is 3. The molecule has 0 amide bonds. The van der Waals surface area contributed by atoms with Crippen molar-refractivity contribution in [3.63, 3.8) is 0 Å². The number of rotatable bonds is 3. The first-order valence-electron chi connectivity index (χ1n) is 6.94. The van der Waals surface area contributed by atoms with Crippen molar-refractivity contribution in [3.05, 3.63) is 73.2 Å². The number of aromatic nitrogens is 4. The van der Waals surface area contributed by atoms with Crippen LogP contribution in [0.5, 0.6) is 0 Å². The molecule has 106 valence electrons. The fourth-order valence-corrected chi connectivity index (χ4v) is 2.97. The average molecular weight is 305 g/mol. The largest absolute Gasteiger partial charge is 0.252 e. The highest BCUT2D eigenvalue weighted by Gasteiger charge is 2.13. The molecule has 4 aromatic rings. The zero-order valence-corrected chi connectivity index (χ0v) is 12.5. The molecule has 2 aromatic carbocycles. The number of para-hydroxylation sites is 2. The van der Waals surface area contributed by atoms with Gasteiger partial charge in [-0.1, -0.05) is 42.5 Å². The van der Waals surface area contributed by atoms with Gasteiger partial charge in [0.1, 0.15) is 0 Å². The minimum atomic E-state index is 0.852. The zero-order chi connectivity index (χ0) is 14.8. The highest BCUT2D eigenvalue weighted by molar-refractivity contribution is 7.92. The molecule has 0 aliphatic heterocycles. The van der Waals surface area contributed by atoms with Crippen molar-refractivity contribution in [2.75, 3.05) is 0 Å². The number of benzene rings is 2. The number of H-pyrrole nitrogens is 1. The summed E-state index contributed by atoms with van der Waals surface area (Å²) in [7, 11) is 0. The Labute approximate surface area is 132 Å². The predicted octanol–water partition coefficient (Wildman–Crippen LogP) is 3.47. The molecule has 0 atom stereocenters. The molecular formula is C17H13N4S+. The lowest BCUT2D eigenvalue weighted by Crippen LogP contribution is -2.25. The second-order valence-electron chi connectivity index (χ2n) is 4.84. The van der Waals surface area contributed by atoms with E-state index in [1.165, 1.54) is 17.5 Å². The van der Waals surface area contributed by atoms with Crippen molar-refractivity contribution in [2.45, 2.75) is 5.03 Å². The molecule has 0 bridgehead atoms. The van der Waals surface area contributed by atoms with Gasteiger partial charge in [0.25, 0.3) is 11.9 Å². The fraction of sp³-hybridized carbons (Fsp3) is 0. The molecule has 0 spiro atoms. The highest BCUT2D eigenvalue weighted by atomic mass is 32.2. The molecule has 0 saturated carbocycles. The van der Waals surface area contributed by atoms with Crippen LogP contribution >= 0.6 is 11.9 Å². The summed E-state index contributed by atoms with van der Waals surface area (Å²) in [5.74, 6) is 0. The first-order chi connectivity index (χ1) is 10.9. The lowest BCUT2D eigenvalue weighted by atomic mass is 10.1. The molecule has 2 heterocycles. The lowest BCUT2D eigenvalue weighted by molar-refractivity contribution is -0.559. The van der Waals surface area contributed by atoms with Crippen LogP contribution in [0, 0.1) is 0 Å². The number of fused-ring (bicyclic) bond motifs is 1. The quantitative estimate of drug-likeness (QED) is 0.590. The van der Waals surface area contributed by atoms with Crippen LogP contribution < -0.4 is 4.09 Å². The van der Waals surface area contributed by atoms with E-state index in [0.717, 1.165) is 21.6 Å². The molecule has 1 N–H and O–H groups in total. The van der Waals surface area contributed by atoms with Crippen molar-refractivity contribution in [1.82, 2.24) is 15.1 Å². The third-order valence-corrected chi connectivity index (χ3v) is 4.12. The van der Waals surface area contributed by atoms with E-state index in [2.05, 4.69) is 33.4 Å². The van der Waals surface area contributed by atoms with Gasteiger partial charge in [0.2, 0.25) is 6.20 Å². The van der Waals surface area contributed by atoms with Crippen LogP contribution in [0.1, 0.15) is 0 Å².